The van der Waals surface area contributed by atoms with Gasteiger partial charge in [0.2, 0.25) is 21.8 Å². The van der Waals surface area contributed by atoms with Crippen molar-refractivity contribution in [3.05, 3.63) is 78.8 Å². The van der Waals surface area contributed by atoms with E-state index in [0.717, 1.165) is 0 Å². The van der Waals surface area contributed by atoms with Crippen LogP contribution in [0.5, 0.6) is 5.75 Å². The number of methoxy groups -OCH3 is 1. The van der Waals surface area contributed by atoms with Gasteiger partial charge in [0.1, 0.15) is 17.6 Å². The van der Waals surface area contributed by atoms with E-state index in [1.165, 1.54) is 30.4 Å². The molecule has 0 fully saturated rings. The third kappa shape index (κ3) is 6.71. The van der Waals surface area contributed by atoms with Crippen molar-refractivity contribution in [1.29, 1.82) is 0 Å². The minimum atomic E-state index is -3.93. The van der Waals surface area contributed by atoms with E-state index in [9.17, 15) is 18.0 Å². The number of nitrogens with zero attached hydrogens (tertiary/aromatic N) is 1. The maximum absolute atomic E-state index is 13.5. The summed E-state index contributed by atoms with van der Waals surface area (Å²) in [6, 6.07) is 17.1. The molecule has 1 aromatic heterocycles. The number of amides is 2. The van der Waals surface area contributed by atoms with Crippen molar-refractivity contribution in [2.24, 2.45) is 0 Å². The van der Waals surface area contributed by atoms with E-state index in [1.54, 1.807) is 54.6 Å². The molecule has 0 aliphatic heterocycles. The van der Waals surface area contributed by atoms with E-state index in [-0.39, 0.29) is 11.4 Å². The highest BCUT2D eigenvalue weighted by atomic mass is 32.2. The third-order valence-electron chi connectivity index (χ3n) is 5.27. The predicted molar refractivity (Wildman–Crippen MR) is 131 cm³/mol. The fourth-order valence-corrected chi connectivity index (χ4v) is 4.58. The number of sulfonamides is 1. The summed E-state index contributed by atoms with van der Waals surface area (Å²) in [5.41, 5.74) is 0.366. The predicted octanol–water partition coefficient (Wildman–Crippen LogP) is 3.08. The Hall–Kier alpha value is -3.63. The molecular formula is C25H29N3O6S. The van der Waals surface area contributed by atoms with Crippen molar-refractivity contribution in [3.63, 3.8) is 0 Å². The Morgan fingerprint density at radius 1 is 1.03 bits per heavy atom. The molecule has 0 aliphatic carbocycles. The van der Waals surface area contributed by atoms with Gasteiger partial charge in [-0.1, -0.05) is 43.7 Å². The smallest absolute Gasteiger partial charge is 0.243 e. The van der Waals surface area contributed by atoms with Crippen molar-refractivity contribution in [2.75, 3.05) is 18.6 Å². The van der Waals surface area contributed by atoms with Crippen LogP contribution in [0.2, 0.25) is 0 Å². The molecule has 10 heteroatoms. The van der Waals surface area contributed by atoms with Gasteiger partial charge in [0, 0.05) is 0 Å². The quantitative estimate of drug-likeness (QED) is 0.395. The first-order valence-electron chi connectivity index (χ1n) is 11.2. The van der Waals surface area contributed by atoms with Gasteiger partial charge in [0.25, 0.3) is 0 Å². The molecule has 2 amide bonds. The van der Waals surface area contributed by atoms with Gasteiger partial charge in [-0.3, -0.25) is 14.5 Å². The van der Waals surface area contributed by atoms with Crippen LogP contribution in [0.3, 0.4) is 0 Å². The van der Waals surface area contributed by atoms with E-state index in [4.69, 9.17) is 9.15 Å². The fraction of sp³-hybridized carbons (Fsp3) is 0.280. The number of furan rings is 1. The third-order valence-corrected chi connectivity index (χ3v) is 6.69. The van der Waals surface area contributed by atoms with Crippen LogP contribution in [0.25, 0.3) is 0 Å². The van der Waals surface area contributed by atoms with Crippen molar-refractivity contribution < 1.29 is 27.2 Å². The van der Waals surface area contributed by atoms with Crippen molar-refractivity contribution in [1.82, 2.24) is 10.0 Å². The first kappa shape index (κ1) is 26.0. The zero-order valence-electron chi connectivity index (χ0n) is 19.6. The van der Waals surface area contributed by atoms with E-state index in [0.29, 0.717) is 30.0 Å². The van der Waals surface area contributed by atoms with Crippen LogP contribution in [0.4, 0.5) is 5.69 Å². The molecule has 9 nitrogen and oxygen atoms in total. The molecule has 35 heavy (non-hydrogen) atoms. The zero-order chi connectivity index (χ0) is 25.3. The number of rotatable bonds is 12. The number of ether oxygens (including phenoxy) is 1. The molecule has 0 saturated carbocycles. The molecular weight excluding hydrogens is 470 g/mol. The van der Waals surface area contributed by atoms with Gasteiger partial charge in [-0.15, -0.1) is 0 Å². The summed E-state index contributed by atoms with van der Waals surface area (Å²) >= 11 is 0. The Kier molecular flexibility index (Phi) is 9.04. The van der Waals surface area contributed by atoms with E-state index in [1.807, 2.05) is 6.92 Å². The molecule has 1 atom stereocenters. The second kappa shape index (κ2) is 12.2. The van der Waals surface area contributed by atoms with Crippen molar-refractivity contribution in [3.8, 4) is 5.75 Å². The van der Waals surface area contributed by atoms with Gasteiger partial charge >= 0.3 is 0 Å². The standard InChI is InChI=1S/C25H29N3O6S/c1-3-10-22(25(30)26-17-19-11-9-16-34-19)28(21-14-7-8-15-23(21)33-2)24(29)18-27-35(31,32)20-12-5-4-6-13-20/h4-9,11-16,22,27H,3,10,17-18H2,1-2H3,(H,26,30)/t22-/m1/s1. The van der Waals surface area contributed by atoms with Crippen LogP contribution in [0.15, 0.2) is 82.3 Å². The minimum absolute atomic E-state index is 0.0398. The summed E-state index contributed by atoms with van der Waals surface area (Å²) in [6.07, 6.45) is 2.46. The zero-order valence-corrected chi connectivity index (χ0v) is 20.5. The number of carbonyl (C=O) groups is 2. The monoisotopic (exact) mass is 499 g/mol. The van der Waals surface area contributed by atoms with Crippen LogP contribution in [-0.2, 0) is 26.2 Å². The lowest BCUT2D eigenvalue weighted by molar-refractivity contribution is -0.126. The SMILES string of the molecule is CCC[C@H](C(=O)NCc1ccco1)N(C(=O)CNS(=O)(=O)c1ccccc1)c1ccccc1OC. The topological polar surface area (TPSA) is 118 Å². The van der Waals surface area contributed by atoms with Gasteiger partial charge in [-0.2, -0.15) is 0 Å². The van der Waals surface area contributed by atoms with Crippen molar-refractivity contribution >= 4 is 27.5 Å². The molecule has 186 valence electrons. The van der Waals surface area contributed by atoms with Gasteiger partial charge in [-0.25, -0.2) is 13.1 Å². The molecule has 3 rings (SSSR count). The Bertz CT molecular complexity index is 1210. The number of benzene rings is 2. The Balaban J connectivity index is 1.89. The molecule has 3 aromatic rings. The fourth-order valence-electron chi connectivity index (χ4n) is 3.59. The first-order chi connectivity index (χ1) is 16.9. The number of carbonyl (C=O) groups excluding carboxylic acids is 2. The minimum Gasteiger partial charge on any atom is -0.495 e. The lowest BCUT2D eigenvalue weighted by Crippen LogP contribution is -2.52. The maximum Gasteiger partial charge on any atom is 0.243 e. The van der Waals surface area contributed by atoms with E-state index < -0.39 is 34.4 Å². The van der Waals surface area contributed by atoms with Crippen LogP contribution >= 0.6 is 0 Å². The Morgan fingerprint density at radius 2 is 1.74 bits per heavy atom. The van der Waals surface area contributed by atoms with Gasteiger partial charge in [0.15, 0.2) is 0 Å². The second-order valence-corrected chi connectivity index (χ2v) is 9.44. The molecule has 0 spiro atoms. The summed E-state index contributed by atoms with van der Waals surface area (Å²) in [5, 5.41) is 2.80. The number of hydrogen-bond donors (Lipinski definition) is 2. The molecule has 0 aliphatic rings. The molecule has 0 radical (unpaired) electrons. The summed E-state index contributed by atoms with van der Waals surface area (Å²) in [7, 11) is -2.46. The Morgan fingerprint density at radius 3 is 2.40 bits per heavy atom. The normalized spacial score (nSPS) is 12.1. The highest BCUT2D eigenvalue weighted by Gasteiger charge is 2.33. The molecule has 0 unspecified atom stereocenters. The molecule has 0 bridgehead atoms. The highest BCUT2D eigenvalue weighted by Crippen LogP contribution is 2.30. The Labute approximate surface area is 205 Å². The lowest BCUT2D eigenvalue weighted by atomic mass is 10.1. The highest BCUT2D eigenvalue weighted by molar-refractivity contribution is 7.89. The molecule has 2 aromatic carbocycles. The maximum atomic E-state index is 13.5. The average Bonchev–Trinajstić information content (AvgIpc) is 3.40. The molecule has 0 saturated heterocycles. The molecule has 1 heterocycles. The van der Waals surface area contributed by atoms with E-state index >= 15 is 0 Å². The number of nitrogens with one attached hydrogen (secondary N) is 2. The average molecular weight is 500 g/mol. The number of hydrogen-bond acceptors (Lipinski definition) is 6. The van der Waals surface area contributed by atoms with Gasteiger partial charge in [0.05, 0.1) is 37.0 Å². The summed E-state index contributed by atoms with van der Waals surface area (Å²) in [6.45, 7) is 1.51. The van der Waals surface area contributed by atoms with Crippen LogP contribution < -0.4 is 19.7 Å². The van der Waals surface area contributed by atoms with Crippen LogP contribution in [-0.4, -0.2) is 39.9 Å². The lowest BCUT2D eigenvalue weighted by Gasteiger charge is -2.32. The van der Waals surface area contributed by atoms with Crippen LogP contribution in [0.1, 0.15) is 25.5 Å². The largest absolute Gasteiger partial charge is 0.495 e. The van der Waals surface area contributed by atoms with Gasteiger partial charge in [-0.05, 0) is 42.8 Å². The van der Waals surface area contributed by atoms with E-state index in [2.05, 4.69) is 10.0 Å². The van der Waals surface area contributed by atoms with Gasteiger partial charge < -0.3 is 14.5 Å². The van der Waals surface area contributed by atoms with Crippen molar-refractivity contribution in [2.45, 2.75) is 37.2 Å². The number of para-hydroxylation sites is 2. The molecule has 2 N–H and O–H groups in total. The van der Waals surface area contributed by atoms with Crippen LogP contribution in [0, 0.1) is 0 Å². The number of anilines is 1. The second-order valence-electron chi connectivity index (χ2n) is 7.67. The summed E-state index contributed by atoms with van der Waals surface area (Å²) in [4.78, 5) is 28.1. The summed E-state index contributed by atoms with van der Waals surface area (Å²) in [5.74, 6) is -0.0416. The summed E-state index contributed by atoms with van der Waals surface area (Å²) < 4.78 is 38.4. The first-order valence-corrected chi connectivity index (χ1v) is 12.7.